The van der Waals surface area contributed by atoms with Crippen molar-refractivity contribution in [2.24, 2.45) is 0 Å². The van der Waals surface area contributed by atoms with Crippen molar-refractivity contribution in [2.75, 3.05) is 26.7 Å². The molecular weight excluding hydrogens is 495 g/mol. The van der Waals surface area contributed by atoms with Gasteiger partial charge in [-0.2, -0.15) is 13.2 Å². The number of ether oxygens (including phenoxy) is 1. The molecule has 0 N–H and O–H groups in total. The Bertz CT molecular complexity index is 1220. The molecule has 0 saturated carbocycles. The molecule has 0 aliphatic rings. The zero-order chi connectivity index (χ0) is 27.7. The summed E-state index contributed by atoms with van der Waals surface area (Å²) in [6, 6.07) is 15.7. The number of benzene rings is 2. The number of alkyl halides is 3. The number of amides is 2. The molecular formula is C29H34F3N3O3. The van der Waals surface area contributed by atoms with E-state index in [1.807, 2.05) is 30.5 Å². The fourth-order valence-corrected chi connectivity index (χ4v) is 4.16. The second-order valence-electron chi connectivity index (χ2n) is 9.05. The predicted octanol–water partition coefficient (Wildman–Crippen LogP) is 5.85. The number of carbonyl (C=O) groups is 2. The van der Waals surface area contributed by atoms with Gasteiger partial charge in [-0.05, 0) is 61.4 Å². The highest BCUT2D eigenvalue weighted by Gasteiger charge is 2.30. The maximum Gasteiger partial charge on any atom is 0.416 e. The molecule has 2 amide bonds. The number of hydrogen-bond acceptors (Lipinski definition) is 3. The first-order chi connectivity index (χ1) is 18.2. The summed E-state index contributed by atoms with van der Waals surface area (Å²) in [5, 5.41) is 0. The topological polar surface area (TPSA) is 54.8 Å². The van der Waals surface area contributed by atoms with Crippen molar-refractivity contribution in [3.8, 4) is 5.75 Å². The van der Waals surface area contributed by atoms with Crippen LogP contribution in [0.4, 0.5) is 13.2 Å². The van der Waals surface area contributed by atoms with E-state index in [-0.39, 0.29) is 31.4 Å². The van der Waals surface area contributed by atoms with Gasteiger partial charge in [-0.15, -0.1) is 0 Å². The van der Waals surface area contributed by atoms with Crippen molar-refractivity contribution in [2.45, 2.75) is 46.0 Å². The van der Waals surface area contributed by atoms with Gasteiger partial charge in [0, 0.05) is 37.1 Å². The zero-order valence-corrected chi connectivity index (χ0v) is 22.0. The summed E-state index contributed by atoms with van der Waals surface area (Å²) in [5.41, 5.74) is 1.07. The monoisotopic (exact) mass is 529 g/mol. The highest BCUT2D eigenvalue weighted by Crippen LogP contribution is 2.29. The van der Waals surface area contributed by atoms with E-state index in [0.717, 1.165) is 30.7 Å². The van der Waals surface area contributed by atoms with E-state index < -0.39 is 11.7 Å². The fraction of sp³-hybridized carbons (Fsp3) is 0.379. The first-order valence-electron chi connectivity index (χ1n) is 12.7. The van der Waals surface area contributed by atoms with Crippen LogP contribution in [0.2, 0.25) is 0 Å². The summed E-state index contributed by atoms with van der Waals surface area (Å²) in [5.74, 6) is 0.107. The number of nitrogens with zero attached hydrogens (tertiary/aromatic N) is 3. The Balaban J connectivity index is 1.75. The lowest BCUT2D eigenvalue weighted by Crippen LogP contribution is -2.43. The molecule has 0 unspecified atom stereocenters. The van der Waals surface area contributed by atoms with Crippen LogP contribution in [0.1, 0.15) is 53.9 Å². The molecule has 0 radical (unpaired) electrons. The molecule has 0 bridgehead atoms. The molecule has 3 aromatic rings. The minimum absolute atomic E-state index is 0.0788. The van der Waals surface area contributed by atoms with Crippen molar-refractivity contribution < 1.29 is 27.5 Å². The maximum atomic E-state index is 13.4. The average molecular weight is 530 g/mol. The van der Waals surface area contributed by atoms with Crippen LogP contribution in [0.5, 0.6) is 5.75 Å². The molecule has 1 heterocycles. The van der Waals surface area contributed by atoms with Gasteiger partial charge in [0.1, 0.15) is 12.3 Å². The molecule has 38 heavy (non-hydrogen) atoms. The standard InChI is InChI=1S/C29H34F3N3O3/c1-4-6-15-35(27(36)21-33(5-2)28(37)23-11-8-14-26(18-23)38-3)20-25-13-9-16-34(25)19-22-10-7-12-24(17-22)29(30,31)32/h7-14,16-18H,4-6,15,19-21H2,1-3H3. The quantitative estimate of drug-likeness (QED) is 0.296. The Labute approximate surface area is 221 Å². The number of likely N-dealkylation sites (N-methyl/N-ethyl adjacent to an activating group) is 1. The van der Waals surface area contributed by atoms with Crippen LogP contribution in [-0.4, -0.2) is 52.9 Å². The van der Waals surface area contributed by atoms with Gasteiger partial charge < -0.3 is 19.1 Å². The normalized spacial score (nSPS) is 11.3. The number of methoxy groups -OCH3 is 1. The summed E-state index contributed by atoms with van der Waals surface area (Å²) < 4.78 is 46.5. The number of halogens is 3. The second kappa shape index (κ2) is 13.2. The van der Waals surface area contributed by atoms with E-state index in [9.17, 15) is 22.8 Å². The Morgan fingerprint density at radius 3 is 2.42 bits per heavy atom. The summed E-state index contributed by atoms with van der Waals surface area (Å²) in [4.78, 5) is 29.7. The lowest BCUT2D eigenvalue weighted by Gasteiger charge is -2.27. The minimum Gasteiger partial charge on any atom is -0.497 e. The summed E-state index contributed by atoms with van der Waals surface area (Å²) in [7, 11) is 1.53. The summed E-state index contributed by atoms with van der Waals surface area (Å²) in [6.45, 7) is 5.17. The Morgan fingerprint density at radius 1 is 0.974 bits per heavy atom. The van der Waals surface area contributed by atoms with Gasteiger partial charge >= 0.3 is 6.18 Å². The fourth-order valence-electron chi connectivity index (χ4n) is 4.16. The molecule has 0 atom stereocenters. The van der Waals surface area contributed by atoms with Gasteiger partial charge in [0.05, 0.1) is 19.2 Å². The lowest BCUT2D eigenvalue weighted by molar-refractivity contribution is -0.137. The average Bonchev–Trinajstić information content (AvgIpc) is 3.34. The number of unbranched alkanes of at least 4 members (excludes halogenated alkanes) is 1. The van der Waals surface area contributed by atoms with Gasteiger partial charge in [-0.1, -0.05) is 31.5 Å². The Hall–Kier alpha value is -3.75. The van der Waals surface area contributed by atoms with Crippen molar-refractivity contribution in [3.05, 3.63) is 89.2 Å². The molecule has 0 saturated heterocycles. The highest BCUT2D eigenvalue weighted by molar-refractivity contribution is 5.96. The van der Waals surface area contributed by atoms with Crippen molar-refractivity contribution in [3.63, 3.8) is 0 Å². The van der Waals surface area contributed by atoms with Crippen molar-refractivity contribution >= 4 is 11.8 Å². The molecule has 0 aliphatic heterocycles. The van der Waals surface area contributed by atoms with Crippen LogP contribution in [0.25, 0.3) is 0 Å². The largest absolute Gasteiger partial charge is 0.497 e. The van der Waals surface area contributed by atoms with E-state index in [4.69, 9.17) is 4.74 Å². The molecule has 1 aromatic heterocycles. The summed E-state index contributed by atoms with van der Waals surface area (Å²) in [6.07, 6.45) is -0.944. The SMILES string of the molecule is CCCCN(Cc1cccn1Cc1cccc(C(F)(F)F)c1)C(=O)CN(CC)C(=O)c1cccc(OC)c1. The number of hydrogen-bond donors (Lipinski definition) is 0. The van der Waals surface area contributed by atoms with Crippen LogP contribution in [0, 0.1) is 0 Å². The van der Waals surface area contributed by atoms with E-state index in [1.54, 1.807) is 41.4 Å². The Morgan fingerprint density at radius 2 is 1.74 bits per heavy atom. The third-order valence-electron chi connectivity index (χ3n) is 6.33. The van der Waals surface area contributed by atoms with E-state index in [0.29, 0.717) is 30.0 Å². The number of carbonyl (C=O) groups excluding carboxylic acids is 2. The van der Waals surface area contributed by atoms with Crippen LogP contribution in [0.15, 0.2) is 66.9 Å². The maximum absolute atomic E-state index is 13.4. The van der Waals surface area contributed by atoms with Gasteiger partial charge in [0.25, 0.3) is 5.91 Å². The van der Waals surface area contributed by atoms with Crippen molar-refractivity contribution in [1.29, 1.82) is 0 Å². The van der Waals surface area contributed by atoms with Crippen LogP contribution < -0.4 is 4.74 Å². The Kier molecular flexibility index (Phi) is 9.98. The van der Waals surface area contributed by atoms with Gasteiger partial charge in [-0.3, -0.25) is 9.59 Å². The first-order valence-corrected chi connectivity index (χ1v) is 12.7. The van der Waals surface area contributed by atoms with Gasteiger partial charge in [-0.25, -0.2) is 0 Å². The predicted molar refractivity (Wildman–Crippen MR) is 140 cm³/mol. The van der Waals surface area contributed by atoms with Crippen LogP contribution >= 0.6 is 0 Å². The molecule has 6 nitrogen and oxygen atoms in total. The number of aromatic nitrogens is 1. The third kappa shape index (κ3) is 7.63. The van der Waals surface area contributed by atoms with Gasteiger partial charge in [0.2, 0.25) is 5.91 Å². The second-order valence-corrected chi connectivity index (χ2v) is 9.05. The molecule has 2 aromatic carbocycles. The van der Waals surface area contributed by atoms with E-state index >= 15 is 0 Å². The smallest absolute Gasteiger partial charge is 0.416 e. The van der Waals surface area contributed by atoms with Crippen LogP contribution in [0.3, 0.4) is 0 Å². The summed E-state index contributed by atoms with van der Waals surface area (Å²) >= 11 is 0. The molecule has 9 heteroatoms. The van der Waals surface area contributed by atoms with Crippen LogP contribution in [-0.2, 0) is 24.1 Å². The molecule has 0 spiro atoms. The highest BCUT2D eigenvalue weighted by atomic mass is 19.4. The van der Waals surface area contributed by atoms with E-state index in [1.165, 1.54) is 18.1 Å². The minimum atomic E-state index is -4.41. The molecule has 204 valence electrons. The van der Waals surface area contributed by atoms with Crippen molar-refractivity contribution in [1.82, 2.24) is 14.4 Å². The van der Waals surface area contributed by atoms with E-state index in [2.05, 4.69) is 0 Å². The lowest BCUT2D eigenvalue weighted by atomic mass is 10.1. The van der Waals surface area contributed by atoms with Gasteiger partial charge in [0.15, 0.2) is 0 Å². The number of rotatable bonds is 12. The zero-order valence-electron chi connectivity index (χ0n) is 22.0. The molecule has 0 aliphatic carbocycles. The molecule has 0 fully saturated rings. The third-order valence-corrected chi connectivity index (χ3v) is 6.33. The first kappa shape index (κ1) is 28.8. The molecule has 3 rings (SSSR count).